The van der Waals surface area contributed by atoms with Gasteiger partial charge in [0.25, 0.3) is 0 Å². The second kappa shape index (κ2) is 9.14. The van der Waals surface area contributed by atoms with Crippen molar-refractivity contribution in [3.8, 4) is 0 Å². The highest BCUT2D eigenvalue weighted by molar-refractivity contribution is 7.99. The van der Waals surface area contributed by atoms with E-state index < -0.39 is 11.9 Å². The van der Waals surface area contributed by atoms with Crippen LogP contribution in [-0.4, -0.2) is 37.9 Å². The number of carbonyl (C=O) groups excluding carboxylic acids is 2. The molecule has 3 rings (SSSR count). The summed E-state index contributed by atoms with van der Waals surface area (Å²) in [6, 6.07) is 14.7. The minimum Gasteiger partial charge on any atom is -0.308 e. The fraction of sp³-hybridized carbons (Fsp3) is 0.211. The van der Waals surface area contributed by atoms with Crippen molar-refractivity contribution < 1.29 is 9.59 Å². The van der Waals surface area contributed by atoms with Crippen molar-refractivity contribution >= 4 is 29.4 Å². The molecular weight excluding hydrogens is 376 g/mol. The van der Waals surface area contributed by atoms with Crippen molar-refractivity contribution in [2.75, 3.05) is 11.1 Å². The molecule has 1 heterocycles. The molecule has 144 valence electrons. The van der Waals surface area contributed by atoms with Crippen LogP contribution in [0, 0.1) is 13.8 Å². The number of hydrogen-bond donors (Lipinski definition) is 2. The fourth-order valence-electron chi connectivity index (χ4n) is 2.43. The van der Waals surface area contributed by atoms with Gasteiger partial charge in [0.2, 0.25) is 11.1 Å². The number of anilines is 1. The number of amides is 3. The van der Waals surface area contributed by atoms with Crippen LogP contribution in [0.4, 0.5) is 10.5 Å². The number of aryl methyl sites for hydroxylation is 2. The highest BCUT2D eigenvalue weighted by atomic mass is 32.2. The molecule has 1 aromatic heterocycles. The summed E-state index contributed by atoms with van der Waals surface area (Å²) in [4.78, 5) is 24.0. The summed E-state index contributed by atoms with van der Waals surface area (Å²) >= 11 is 1.17. The van der Waals surface area contributed by atoms with Gasteiger partial charge in [0, 0.05) is 5.69 Å². The quantitative estimate of drug-likeness (QED) is 0.621. The molecule has 0 unspecified atom stereocenters. The van der Waals surface area contributed by atoms with E-state index in [1.165, 1.54) is 11.8 Å². The van der Waals surface area contributed by atoms with Gasteiger partial charge in [-0.25, -0.2) is 9.48 Å². The first-order valence-corrected chi connectivity index (χ1v) is 9.61. The molecule has 0 radical (unpaired) electrons. The topological polar surface area (TPSA) is 102 Å². The zero-order chi connectivity index (χ0) is 19.9. The molecule has 3 aromatic rings. The third-order valence-electron chi connectivity index (χ3n) is 4.02. The van der Waals surface area contributed by atoms with Crippen molar-refractivity contribution in [1.82, 2.24) is 25.5 Å². The van der Waals surface area contributed by atoms with Gasteiger partial charge in [-0.05, 0) is 53.1 Å². The number of nitrogens with one attached hydrogen (secondary N) is 2. The minimum atomic E-state index is -0.572. The van der Waals surface area contributed by atoms with Crippen LogP contribution in [0.25, 0.3) is 0 Å². The molecule has 0 fully saturated rings. The number of tetrazole rings is 1. The van der Waals surface area contributed by atoms with Crippen molar-refractivity contribution in [3.63, 3.8) is 0 Å². The third kappa shape index (κ3) is 5.40. The van der Waals surface area contributed by atoms with Crippen molar-refractivity contribution in [3.05, 3.63) is 65.2 Å². The Morgan fingerprint density at radius 2 is 1.86 bits per heavy atom. The minimum absolute atomic E-state index is 0.0233. The van der Waals surface area contributed by atoms with Crippen LogP contribution in [0.15, 0.2) is 53.7 Å². The Hall–Kier alpha value is -3.20. The summed E-state index contributed by atoms with van der Waals surface area (Å²) in [6.45, 7) is 4.45. The molecule has 0 atom stereocenters. The Bertz CT molecular complexity index is 974. The lowest BCUT2D eigenvalue weighted by Crippen LogP contribution is -2.35. The second-order valence-electron chi connectivity index (χ2n) is 6.19. The van der Waals surface area contributed by atoms with Gasteiger partial charge in [-0.3, -0.25) is 10.1 Å². The lowest BCUT2D eigenvalue weighted by atomic mass is 10.1. The summed E-state index contributed by atoms with van der Waals surface area (Å²) in [5.41, 5.74) is 3.87. The Balaban J connectivity index is 1.50. The monoisotopic (exact) mass is 396 g/mol. The second-order valence-corrected chi connectivity index (χ2v) is 7.14. The Labute approximate surface area is 166 Å². The van der Waals surface area contributed by atoms with Gasteiger partial charge >= 0.3 is 6.03 Å². The molecule has 0 saturated heterocycles. The predicted molar refractivity (Wildman–Crippen MR) is 107 cm³/mol. The average Bonchev–Trinajstić information content (AvgIpc) is 3.11. The van der Waals surface area contributed by atoms with Gasteiger partial charge in [-0.2, -0.15) is 0 Å². The Morgan fingerprint density at radius 1 is 1.07 bits per heavy atom. The average molecular weight is 396 g/mol. The molecule has 0 spiro atoms. The smallest absolute Gasteiger partial charge is 0.308 e. The number of imide groups is 1. The highest BCUT2D eigenvalue weighted by Crippen LogP contribution is 2.15. The number of benzene rings is 2. The lowest BCUT2D eigenvalue weighted by molar-refractivity contribution is -0.117. The van der Waals surface area contributed by atoms with Crippen LogP contribution in [0.1, 0.15) is 16.7 Å². The molecule has 0 aliphatic heterocycles. The van der Waals surface area contributed by atoms with Crippen LogP contribution >= 0.6 is 11.8 Å². The Morgan fingerprint density at radius 3 is 2.61 bits per heavy atom. The normalized spacial score (nSPS) is 10.5. The summed E-state index contributed by atoms with van der Waals surface area (Å²) in [6.07, 6.45) is 0. The van der Waals surface area contributed by atoms with Crippen LogP contribution in [0.5, 0.6) is 0 Å². The van der Waals surface area contributed by atoms with Gasteiger partial charge in [0.15, 0.2) is 0 Å². The molecular formula is C19H20N6O2S. The molecule has 0 aliphatic carbocycles. The van der Waals surface area contributed by atoms with E-state index in [2.05, 4.69) is 26.2 Å². The number of carbonyl (C=O) groups is 2. The van der Waals surface area contributed by atoms with Crippen molar-refractivity contribution in [1.29, 1.82) is 0 Å². The lowest BCUT2D eigenvalue weighted by Gasteiger charge is -2.08. The maximum Gasteiger partial charge on any atom is 0.325 e. The number of nitrogens with zero attached hydrogens (tertiary/aromatic N) is 4. The van der Waals surface area contributed by atoms with Crippen LogP contribution in [0.2, 0.25) is 0 Å². The van der Waals surface area contributed by atoms with Gasteiger partial charge in [-0.15, -0.1) is 5.10 Å². The summed E-state index contributed by atoms with van der Waals surface area (Å²) in [5, 5.41) is 17.0. The number of rotatable bonds is 6. The van der Waals surface area contributed by atoms with E-state index in [9.17, 15) is 9.59 Å². The SMILES string of the molecule is Cc1ccc(NC(=O)NC(=O)CSc2nnnn2Cc2ccccc2)cc1C. The summed E-state index contributed by atoms with van der Waals surface area (Å²) in [5.74, 6) is -0.407. The zero-order valence-corrected chi connectivity index (χ0v) is 16.4. The fourth-order valence-corrected chi connectivity index (χ4v) is 3.11. The molecule has 2 aromatic carbocycles. The summed E-state index contributed by atoms with van der Waals surface area (Å²) < 4.78 is 1.61. The summed E-state index contributed by atoms with van der Waals surface area (Å²) in [7, 11) is 0. The highest BCUT2D eigenvalue weighted by Gasteiger charge is 2.13. The molecule has 0 aliphatic rings. The van der Waals surface area contributed by atoms with Gasteiger partial charge in [0.1, 0.15) is 0 Å². The van der Waals surface area contributed by atoms with E-state index in [-0.39, 0.29) is 5.75 Å². The first kappa shape index (κ1) is 19.6. The molecule has 8 nitrogen and oxygen atoms in total. The molecule has 28 heavy (non-hydrogen) atoms. The first-order chi connectivity index (χ1) is 13.5. The van der Waals surface area contributed by atoms with Crippen LogP contribution in [-0.2, 0) is 11.3 Å². The van der Waals surface area contributed by atoms with E-state index in [0.29, 0.717) is 17.4 Å². The predicted octanol–water partition coefficient (Wildman–Crippen LogP) is 2.78. The van der Waals surface area contributed by atoms with Crippen LogP contribution < -0.4 is 10.6 Å². The first-order valence-electron chi connectivity index (χ1n) is 8.62. The number of aromatic nitrogens is 4. The zero-order valence-electron chi connectivity index (χ0n) is 15.5. The number of urea groups is 1. The molecule has 0 bridgehead atoms. The molecule has 2 N–H and O–H groups in total. The van der Waals surface area contributed by atoms with E-state index in [1.54, 1.807) is 10.7 Å². The van der Waals surface area contributed by atoms with E-state index in [4.69, 9.17) is 0 Å². The maximum absolute atomic E-state index is 12.1. The van der Waals surface area contributed by atoms with Crippen molar-refractivity contribution in [2.45, 2.75) is 25.5 Å². The van der Waals surface area contributed by atoms with E-state index >= 15 is 0 Å². The van der Waals surface area contributed by atoms with E-state index in [1.807, 2.05) is 56.3 Å². The number of hydrogen-bond acceptors (Lipinski definition) is 6. The van der Waals surface area contributed by atoms with Gasteiger partial charge < -0.3 is 5.32 Å². The maximum atomic E-state index is 12.1. The van der Waals surface area contributed by atoms with Gasteiger partial charge in [0.05, 0.1) is 12.3 Å². The van der Waals surface area contributed by atoms with Crippen LogP contribution in [0.3, 0.4) is 0 Å². The molecule has 0 saturated carbocycles. The van der Waals surface area contributed by atoms with E-state index in [0.717, 1.165) is 16.7 Å². The van der Waals surface area contributed by atoms with Gasteiger partial charge in [-0.1, -0.05) is 48.2 Å². The molecule has 3 amide bonds. The standard InChI is InChI=1S/C19H20N6O2S/c1-13-8-9-16(10-14(13)2)20-18(27)21-17(26)12-28-19-22-23-24-25(19)11-15-6-4-3-5-7-15/h3-10H,11-12H2,1-2H3,(H2,20,21,26,27). The van der Waals surface area contributed by atoms with Crippen molar-refractivity contribution in [2.24, 2.45) is 0 Å². The third-order valence-corrected chi connectivity index (χ3v) is 4.98. The number of thioether (sulfide) groups is 1. The largest absolute Gasteiger partial charge is 0.325 e. The molecule has 9 heteroatoms. The Kier molecular flexibility index (Phi) is 6.38.